The second-order valence-electron chi connectivity index (χ2n) is 7.69. The summed E-state index contributed by atoms with van der Waals surface area (Å²) in [6.07, 6.45) is 7.29. The summed E-state index contributed by atoms with van der Waals surface area (Å²) in [5, 5.41) is 0. The van der Waals surface area contributed by atoms with Crippen LogP contribution in [0.1, 0.15) is 23.2 Å². The smallest absolute Gasteiger partial charge is 0.279 e. The Kier molecular flexibility index (Phi) is 5.70. The van der Waals surface area contributed by atoms with E-state index in [4.69, 9.17) is 15.9 Å². The van der Waals surface area contributed by atoms with Crippen molar-refractivity contribution in [3.63, 3.8) is 0 Å². The van der Waals surface area contributed by atoms with Gasteiger partial charge in [0.05, 0.1) is 21.7 Å². The monoisotopic (exact) mass is 483 g/mol. The van der Waals surface area contributed by atoms with Crippen molar-refractivity contribution < 1.29 is 22.7 Å². The van der Waals surface area contributed by atoms with Crippen molar-refractivity contribution >= 4 is 37.5 Å². The average Bonchev–Trinajstić information content (AvgIpc) is 3.47. The number of amides is 1. The number of thiazole rings is 1. The second-order valence-corrected chi connectivity index (χ2v) is 10.6. The van der Waals surface area contributed by atoms with Crippen LogP contribution < -0.4 is 14.3 Å². The number of rotatable bonds is 4. The number of nitrogens with zero attached hydrogens (tertiary/aromatic N) is 3. The Labute approximate surface area is 195 Å². The topological polar surface area (TPSA) is 90.2 Å². The van der Waals surface area contributed by atoms with Crippen LogP contribution in [0.2, 0.25) is 0 Å². The molecule has 0 spiro atoms. The van der Waals surface area contributed by atoms with E-state index in [1.54, 1.807) is 4.57 Å². The van der Waals surface area contributed by atoms with E-state index in [-0.39, 0.29) is 11.4 Å². The number of aromatic nitrogens is 1. The number of benzene rings is 2. The van der Waals surface area contributed by atoms with Crippen molar-refractivity contribution in [2.45, 2.75) is 24.3 Å². The molecule has 170 valence electrons. The van der Waals surface area contributed by atoms with Crippen LogP contribution in [0.25, 0.3) is 10.2 Å². The molecule has 8 nitrogen and oxygen atoms in total. The highest BCUT2D eigenvalue weighted by molar-refractivity contribution is 7.89. The minimum Gasteiger partial charge on any atom is -0.486 e. The predicted molar refractivity (Wildman–Crippen MR) is 124 cm³/mol. The van der Waals surface area contributed by atoms with Gasteiger partial charge < -0.3 is 14.0 Å². The molecule has 1 saturated heterocycles. The summed E-state index contributed by atoms with van der Waals surface area (Å²) >= 11 is 1.33. The van der Waals surface area contributed by atoms with Crippen molar-refractivity contribution in [1.29, 1.82) is 0 Å². The molecule has 10 heteroatoms. The number of hydrogen-bond acceptors (Lipinski definition) is 6. The first kappa shape index (κ1) is 21.7. The fourth-order valence-electron chi connectivity index (χ4n) is 3.93. The third-order valence-corrected chi connectivity index (χ3v) is 8.55. The second kappa shape index (κ2) is 8.67. The van der Waals surface area contributed by atoms with Gasteiger partial charge in [0.1, 0.15) is 13.2 Å². The van der Waals surface area contributed by atoms with E-state index >= 15 is 0 Å². The van der Waals surface area contributed by atoms with Gasteiger partial charge in [-0.3, -0.25) is 4.79 Å². The Hall–Kier alpha value is -3.13. The standard InChI is InChI=1S/C23H21N3O5S2/c1-2-9-26-18-14-19-20(31-13-12-30-19)15-21(18)32-23(26)24-22(27)16-5-7-17(8-6-16)33(28,29)25-10-3-4-11-25/h1,5-8,14-15H,3-4,9-13H2. The molecule has 0 N–H and O–H groups in total. The lowest BCUT2D eigenvalue weighted by Gasteiger charge is -2.18. The molecule has 1 amide bonds. The Morgan fingerprint density at radius 2 is 1.76 bits per heavy atom. The molecule has 1 aromatic heterocycles. The van der Waals surface area contributed by atoms with Gasteiger partial charge in [0.25, 0.3) is 5.91 Å². The largest absolute Gasteiger partial charge is 0.486 e. The van der Waals surface area contributed by atoms with Gasteiger partial charge in [0, 0.05) is 30.8 Å². The van der Waals surface area contributed by atoms with E-state index in [2.05, 4.69) is 10.9 Å². The van der Waals surface area contributed by atoms with Gasteiger partial charge in [-0.05, 0) is 37.1 Å². The molecule has 2 aliphatic heterocycles. The molecule has 3 heterocycles. The molecule has 1 fully saturated rings. The number of terminal acetylenes is 1. The molecule has 5 rings (SSSR count). The van der Waals surface area contributed by atoms with Gasteiger partial charge in [-0.2, -0.15) is 9.30 Å². The van der Waals surface area contributed by atoms with E-state index in [0.717, 1.165) is 23.1 Å². The minimum atomic E-state index is -3.54. The number of sulfonamides is 1. The molecule has 2 aliphatic rings. The van der Waals surface area contributed by atoms with Crippen molar-refractivity contribution in [3.05, 3.63) is 46.8 Å². The first-order valence-electron chi connectivity index (χ1n) is 10.5. The lowest BCUT2D eigenvalue weighted by atomic mass is 10.2. The highest BCUT2D eigenvalue weighted by Crippen LogP contribution is 2.35. The number of hydrogen-bond donors (Lipinski definition) is 0. The lowest BCUT2D eigenvalue weighted by Crippen LogP contribution is -2.27. The first-order valence-corrected chi connectivity index (χ1v) is 12.8. The summed E-state index contributed by atoms with van der Waals surface area (Å²) in [5.41, 5.74) is 1.10. The molecule has 2 aromatic carbocycles. The molecule has 0 bridgehead atoms. The Bertz CT molecular complexity index is 1440. The molecular weight excluding hydrogens is 462 g/mol. The normalized spacial score (nSPS) is 16.8. The molecule has 0 unspecified atom stereocenters. The Morgan fingerprint density at radius 3 is 2.42 bits per heavy atom. The zero-order valence-corrected chi connectivity index (χ0v) is 19.3. The maximum Gasteiger partial charge on any atom is 0.279 e. The van der Waals surface area contributed by atoms with E-state index in [1.165, 1.54) is 39.9 Å². The van der Waals surface area contributed by atoms with E-state index in [9.17, 15) is 13.2 Å². The number of carbonyl (C=O) groups excluding carboxylic acids is 1. The summed E-state index contributed by atoms with van der Waals surface area (Å²) in [6, 6.07) is 9.61. The molecule has 0 saturated carbocycles. The SMILES string of the molecule is C#CCn1c(=NC(=O)c2ccc(S(=O)(=O)N3CCCC3)cc2)sc2cc3c(cc21)OCCO3. The third-order valence-electron chi connectivity index (χ3n) is 5.60. The van der Waals surface area contributed by atoms with Crippen molar-refractivity contribution in [2.75, 3.05) is 26.3 Å². The molecule has 0 atom stereocenters. The third kappa shape index (κ3) is 4.04. The maximum atomic E-state index is 12.9. The fourth-order valence-corrected chi connectivity index (χ4v) is 6.49. The van der Waals surface area contributed by atoms with E-state index < -0.39 is 15.9 Å². The van der Waals surface area contributed by atoms with Crippen molar-refractivity contribution in [1.82, 2.24) is 8.87 Å². The van der Waals surface area contributed by atoms with Gasteiger partial charge in [-0.15, -0.1) is 6.42 Å². The molecule has 33 heavy (non-hydrogen) atoms. The van der Waals surface area contributed by atoms with Crippen LogP contribution >= 0.6 is 11.3 Å². The number of ether oxygens (including phenoxy) is 2. The van der Waals surface area contributed by atoms with Crippen LogP contribution in [0.15, 0.2) is 46.3 Å². The van der Waals surface area contributed by atoms with Gasteiger partial charge in [0.15, 0.2) is 16.3 Å². The zero-order chi connectivity index (χ0) is 23.0. The molecule has 0 radical (unpaired) electrons. The first-order chi connectivity index (χ1) is 16.0. The quantitative estimate of drug-likeness (QED) is 0.532. The maximum absolute atomic E-state index is 12.9. The molecular formula is C23H21N3O5S2. The predicted octanol–water partition coefficient (Wildman–Crippen LogP) is 2.63. The van der Waals surface area contributed by atoms with E-state index in [0.29, 0.717) is 48.2 Å². The zero-order valence-electron chi connectivity index (χ0n) is 17.7. The van der Waals surface area contributed by atoms with Crippen LogP contribution in [-0.2, 0) is 16.6 Å². The molecule has 3 aromatic rings. The summed E-state index contributed by atoms with van der Waals surface area (Å²) in [5.74, 6) is 3.40. The lowest BCUT2D eigenvalue weighted by molar-refractivity contribution is 0.0998. The van der Waals surface area contributed by atoms with Crippen LogP contribution in [0.3, 0.4) is 0 Å². The van der Waals surface area contributed by atoms with Crippen molar-refractivity contribution in [3.8, 4) is 23.8 Å². The Balaban J connectivity index is 1.49. The summed E-state index contributed by atoms with van der Waals surface area (Å²) in [7, 11) is -3.54. The van der Waals surface area contributed by atoms with E-state index in [1.807, 2.05) is 12.1 Å². The highest BCUT2D eigenvalue weighted by atomic mass is 32.2. The number of carbonyl (C=O) groups is 1. The van der Waals surface area contributed by atoms with Gasteiger partial charge >= 0.3 is 0 Å². The van der Waals surface area contributed by atoms with Gasteiger partial charge in [-0.25, -0.2) is 8.42 Å². The highest BCUT2D eigenvalue weighted by Gasteiger charge is 2.27. The summed E-state index contributed by atoms with van der Waals surface area (Å²) in [4.78, 5) is 17.8. The van der Waals surface area contributed by atoms with Gasteiger partial charge in [0.2, 0.25) is 10.0 Å². The van der Waals surface area contributed by atoms with Crippen LogP contribution in [0.4, 0.5) is 0 Å². The summed E-state index contributed by atoms with van der Waals surface area (Å²) < 4.78 is 40.9. The average molecular weight is 484 g/mol. The number of fused-ring (bicyclic) bond motifs is 2. The van der Waals surface area contributed by atoms with Crippen LogP contribution in [0, 0.1) is 12.3 Å². The summed E-state index contributed by atoms with van der Waals surface area (Å²) in [6.45, 7) is 2.24. The van der Waals surface area contributed by atoms with Crippen molar-refractivity contribution in [2.24, 2.45) is 4.99 Å². The fraction of sp³-hybridized carbons (Fsp3) is 0.304. The van der Waals surface area contributed by atoms with Crippen LogP contribution in [-0.4, -0.2) is 49.5 Å². The molecule has 0 aliphatic carbocycles. The Morgan fingerprint density at radius 1 is 1.09 bits per heavy atom. The van der Waals surface area contributed by atoms with Crippen LogP contribution in [0.5, 0.6) is 11.5 Å². The minimum absolute atomic E-state index is 0.177. The van der Waals surface area contributed by atoms with Gasteiger partial charge in [-0.1, -0.05) is 17.3 Å².